The van der Waals surface area contributed by atoms with Gasteiger partial charge in [-0.1, -0.05) is 19.1 Å². The van der Waals surface area contributed by atoms with Crippen molar-refractivity contribution in [3.8, 4) is 6.07 Å². The fourth-order valence-corrected chi connectivity index (χ4v) is 4.42. The van der Waals surface area contributed by atoms with E-state index in [4.69, 9.17) is 5.26 Å². The number of hydrogen-bond donors (Lipinski definition) is 0. The summed E-state index contributed by atoms with van der Waals surface area (Å²) in [6, 6.07) is 9.18. The quantitative estimate of drug-likeness (QED) is 0.828. The van der Waals surface area contributed by atoms with Crippen molar-refractivity contribution in [3.05, 3.63) is 35.4 Å². The standard InChI is InChI=1S/C16H20N2O3S/c1-2-8-18(11-14-5-3-13(10-17)4-6-14)16(19)15-7-9-22(20,21)12-15/h3-6,15H,2,7-9,11-12H2,1H3. The van der Waals surface area contributed by atoms with E-state index >= 15 is 0 Å². The number of amides is 1. The molecule has 1 aromatic rings. The van der Waals surface area contributed by atoms with Crippen LogP contribution in [-0.4, -0.2) is 37.3 Å². The molecule has 0 bridgehead atoms. The Bertz CT molecular complexity index is 674. The summed E-state index contributed by atoms with van der Waals surface area (Å²) in [5, 5.41) is 8.80. The second-order valence-electron chi connectivity index (χ2n) is 5.67. The zero-order chi connectivity index (χ0) is 16.2. The third-order valence-corrected chi connectivity index (χ3v) is 5.61. The maximum Gasteiger partial charge on any atom is 0.227 e. The second kappa shape index (κ2) is 6.93. The average molecular weight is 320 g/mol. The van der Waals surface area contributed by atoms with E-state index in [1.54, 1.807) is 17.0 Å². The molecule has 0 aliphatic carbocycles. The van der Waals surface area contributed by atoms with Crippen LogP contribution < -0.4 is 0 Å². The molecule has 118 valence electrons. The lowest BCUT2D eigenvalue weighted by molar-refractivity contribution is -0.135. The van der Waals surface area contributed by atoms with Crippen LogP contribution in [0.5, 0.6) is 0 Å². The molecule has 1 saturated heterocycles. The Labute approximate surface area is 131 Å². The number of sulfone groups is 1. The summed E-state index contributed by atoms with van der Waals surface area (Å²) in [6.45, 7) is 3.05. The van der Waals surface area contributed by atoms with E-state index in [1.165, 1.54) is 0 Å². The van der Waals surface area contributed by atoms with Crippen LogP contribution in [0.1, 0.15) is 30.9 Å². The molecule has 1 unspecified atom stereocenters. The first-order valence-corrected chi connectivity index (χ1v) is 9.25. The predicted octanol–water partition coefficient (Wildman–Crippen LogP) is 1.73. The zero-order valence-electron chi connectivity index (χ0n) is 12.7. The van der Waals surface area contributed by atoms with E-state index < -0.39 is 15.8 Å². The van der Waals surface area contributed by atoms with Gasteiger partial charge in [-0.2, -0.15) is 5.26 Å². The first-order valence-electron chi connectivity index (χ1n) is 7.43. The summed E-state index contributed by atoms with van der Waals surface area (Å²) in [7, 11) is -3.05. The minimum absolute atomic E-state index is 0.0284. The van der Waals surface area contributed by atoms with Crippen LogP contribution in [0.15, 0.2) is 24.3 Å². The number of nitriles is 1. The molecular formula is C16H20N2O3S. The second-order valence-corrected chi connectivity index (χ2v) is 7.90. The highest BCUT2D eigenvalue weighted by Crippen LogP contribution is 2.22. The van der Waals surface area contributed by atoms with Crippen LogP contribution in [0.3, 0.4) is 0 Å². The molecule has 0 saturated carbocycles. The number of hydrogen-bond acceptors (Lipinski definition) is 4. The Morgan fingerprint density at radius 2 is 2.05 bits per heavy atom. The monoisotopic (exact) mass is 320 g/mol. The van der Waals surface area contributed by atoms with Gasteiger partial charge in [-0.25, -0.2) is 8.42 Å². The molecule has 5 nitrogen and oxygen atoms in total. The molecule has 1 amide bonds. The summed E-state index contributed by atoms with van der Waals surface area (Å²) < 4.78 is 23.1. The number of rotatable bonds is 5. The topological polar surface area (TPSA) is 78.2 Å². The lowest BCUT2D eigenvalue weighted by Gasteiger charge is -2.25. The molecule has 0 aromatic heterocycles. The van der Waals surface area contributed by atoms with E-state index in [0.29, 0.717) is 25.1 Å². The van der Waals surface area contributed by atoms with Crippen molar-refractivity contribution in [2.24, 2.45) is 5.92 Å². The summed E-state index contributed by atoms with van der Waals surface area (Å²) in [5.74, 6) is -0.401. The van der Waals surface area contributed by atoms with Gasteiger partial charge in [0.25, 0.3) is 0 Å². The number of nitrogens with zero attached hydrogens (tertiary/aromatic N) is 2. The Kier molecular flexibility index (Phi) is 5.19. The van der Waals surface area contributed by atoms with E-state index in [0.717, 1.165) is 12.0 Å². The van der Waals surface area contributed by atoms with Crippen molar-refractivity contribution in [2.75, 3.05) is 18.1 Å². The highest BCUT2D eigenvalue weighted by atomic mass is 32.2. The van der Waals surface area contributed by atoms with Gasteiger partial charge < -0.3 is 4.90 Å². The Morgan fingerprint density at radius 1 is 1.36 bits per heavy atom. The molecule has 1 aromatic carbocycles. The number of carbonyl (C=O) groups excluding carboxylic acids is 1. The molecule has 1 fully saturated rings. The zero-order valence-corrected chi connectivity index (χ0v) is 13.5. The van der Waals surface area contributed by atoms with Crippen LogP contribution in [-0.2, 0) is 21.2 Å². The van der Waals surface area contributed by atoms with Crippen LogP contribution >= 0.6 is 0 Å². The third kappa shape index (κ3) is 4.08. The smallest absolute Gasteiger partial charge is 0.227 e. The summed E-state index contributed by atoms with van der Waals surface area (Å²) in [4.78, 5) is 14.3. The first kappa shape index (κ1) is 16.5. The van der Waals surface area contributed by atoms with Gasteiger partial charge in [0, 0.05) is 13.1 Å². The van der Waals surface area contributed by atoms with E-state index in [1.807, 2.05) is 19.1 Å². The first-order chi connectivity index (χ1) is 10.4. The molecule has 6 heteroatoms. The molecule has 1 atom stereocenters. The maximum atomic E-state index is 12.6. The van der Waals surface area contributed by atoms with Crippen molar-refractivity contribution >= 4 is 15.7 Å². The van der Waals surface area contributed by atoms with E-state index in [-0.39, 0.29) is 17.4 Å². The molecule has 2 rings (SSSR count). The van der Waals surface area contributed by atoms with Gasteiger partial charge in [0.2, 0.25) is 5.91 Å². The Hall–Kier alpha value is -1.87. The fourth-order valence-electron chi connectivity index (χ4n) is 2.69. The Balaban J connectivity index is 2.08. The van der Waals surface area contributed by atoms with Crippen LogP contribution in [0.2, 0.25) is 0 Å². The molecule has 22 heavy (non-hydrogen) atoms. The SMILES string of the molecule is CCCN(Cc1ccc(C#N)cc1)C(=O)C1CCS(=O)(=O)C1. The number of carbonyl (C=O) groups is 1. The van der Waals surface area contributed by atoms with Crippen molar-refractivity contribution in [1.82, 2.24) is 4.90 Å². The summed E-state index contributed by atoms with van der Waals surface area (Å²) >= 11 is 0. The molecular weight excluding hydrogens is 300 g/mol. The van der Waals surface area contributed by atoms with Crippen molar-refractivity contribution in [2.45, 2.75) is 26.3 Å². The molecule has 0 spiro atoms. The summed E-state index contributed by atoms with van der Waals surface area (Å²) in [6.07, 6.45) is 1.25. The Morgan fingerprint density at radius 3 is 2.55 bits per heavy atom. The number of benzene rings is 1. The van der Waals surface area contributed by atoms with Gasteiger partial charge in [-0.3, -0.25) is 4.79 Å². The van der Waals surface area contributed by atoms with Gasteiger partial charge in [0.15, 0.2) is 9.84 Å². The molecule has 1 aliphatic heterocycles. The third-order valence-electron chi connectivity index (χ3n) is 3.84. The normalized spacial score (nSPS) is 19.5. The molecule has 1 heterocycles. The highest BCUT2D eigenvalue weighted by molar-refractivity contribution is 7.91. The average Bonchev–Trinajstić information content (AvgIpc) is 2.87. The van der Waals surface area contributed by atoms with Gasteiger partial charge in [-0.05, 0) is 30.5 Å². The molecule has 0 N–H and O–H groups in total. The van der Waals surface area contributed by atoms with Gasteiger partial charge in [0.05, 0.1) is 29.1 Å². The fraction of sp³-hybridized carbons (Fsp3) is 0.500. The highest BCUT2D eigenvalue weighted by Gasteiger charge is 2.35. The lowest BCUT2D eigenvalue weighted by Crippen LogP contribution is -2.36. The van der Waals surface area contributed by atoms with Crippen LogP contribution in [0, 0.1) is 17.2 Å². The summed E-state index contributed by atoms with van der Waals surface area (Å²) in [5.41, 5.74) is 1.53. The lowest BCUT2D eigenvalue weighted by atomic mass is 10.1. The minimum Gasteiger partial charge on any atom is -0.338 e. The van der Waals surface area contributed by atoms with E-state index in [2.05, 4.69) is 6.07 Å². The minimum atomic E-state index is -3.05. The van der Waals surface area contributed by atoms with Gasteiger partial charge >= 0.3 is 0 Å². The van der Waals surface area contributed by atoms with Gasteiger partial charge in [0.1, 0.15) is 0 Å². The van der Waals surface area contributed by atoms with Crippen LogP contribution in [0.4, 0.5) is 0 Å². The van der Waals surface area contributed by atoms with Gasteiger partial charge in [-0.15, -0.1) is 0 Å². The largest absolute Gasteiger partial charge is 0.338 e. The maximum absolute atomic E-state index is 12.6. The molecule has 1 aliphatic rings. The molecule has 0 radical (unpaired) electrons. The predicted molar refractivity (Wildman–Crippen MR) is 83.6 cm³/mol. The van der Waals surface area contributed by atoms with Crippen LogP contribution in [0.25, 0.3) is 0 Å². The van der Waals surface area contributed by atoms with Crippen molar-refractivity contribution < 1.29 is 13.2 Å². The van der Waals surface area contributed by atoms with E-state index in [9.17, 15) is 13.2 Å². The van der Waals surface area contributed by atoms with Crippen molar-refractivity contribution in [1.29, 1.82) is 5.26 Å². The van der Waals surface area contributed by atoms with Crippen molar-refractivity contribution in [3.63, 3.8) is 0 Å².